The molecule has 0 spiro atoms. The van der Waals surface area contributed by atoms with E-state index in [1.807, 2.05) is 0 Å². The summed E-state index contributed by atoms with van der Waals surface area (Å²) in [7, 11) is 0. The predicted octanol–water partition coefficient (Wildman–Crippen LogP) is 0.977. The molecule has 9 nitrogen and oxygen atoms in total. The molecule has 0 aliphatic heterocycles. The number of aromatic nitrogens is 4. The highest BCUT2D eigenvalue weighted by molar-refractivity contribution is 7.99. The van der Waals surface area contributed by atoms with Gasteiger partial charge in [0.15, 0.2) is 0 Å². The second kappa shape index (κ2) is 7.95. The fourth-order valence-corrected chi connectivity index (χ4v) is 2.56. The highest BCUT2D eigenvalue weighted by Crippen LogP contribution is 2.19. The van der Waals surface area contributed by atoms with Gasteiger partial charge in [-0.1, -0.05) is 11.8 Å². The molecule has 0 aliphatic carbocycles. The molecule has 0 unspecified atom stereocenters. The molecule has 3 aromatic rings. The van der Waals surface area contributed by atoms with Crippen molar-refractivity contribution < 1.29 is 18.0 Å². The van der Waals surface area contributed by atoms with Crippen LogP contribution in [-0.2, 0) is 11.3 Å². The van der Waals surface area contributed by atoms with Crippen molar-refractivity contribution in [2.75, 3.05) is 11.1 Å². The smallest absolute Gasteiger partial charge is 0.328 e. The minimum atomic E-state index is -0.763. The van der Waals surface area contributed by atoms with Crippen LogP contribution >= 0.6 is 11.8 Å². The zero-order chi connectivity index (χ0) is 19.4. The molecular formula is C15H11F2N5O4S. The third-order valence-corrected chi connectivity index (χ3v) is 4.00. The molecule has 2 N–H and O–H groups in total. The number of rotatable bonds is 6. The molecule has 0 aliphatic rings. The van der Waals surface area contributed by atoms with E-state index in [-0.39, 0.29) is 29.1 Å². The zero-order valence-corrected chi connectivity index (χ0v) is 14.3. The molecule has 0 fully saturated rings. The van der Waals surface area contributed by atoms with Crippen molar-refractivity contribution >= 4 is 23.4 Å². The van der Waals surface area contributed by atoms with Crippen LogP contribution in [0, 0.1) is 11.6 Å². The van der Waals surface area contributed by atoms with Crippen LogP contribution < -0.4 is 16.6 Å². The van der Waals surface area contributed by atoms with Crippen LogP contribution in [0.15, 0.2) is 49.7 Å². The lowest BCUT2D eigenvalue weighted by Gasteiger charge is -2.05. The van der Waals surface area contributed by atoms with Gasteiger partial charge in [0.2, 0.25) is 11.8 Å². The first-order chi connectivity index (χ1) is 12.9. The topological polar surface area (TPSA) is 123 Å². The average molecular weight is 395 g/mol. The van der Waals surface area contributed by atoms with Gasteiger partial charge in [0.25, 0.3) is 10.8 Å². The number of amides is 1. The number of hydrogen-bond acceptors (Lipinski definition) is 7. The number of benzene rings is 1. The van der Waals surface area contributed by atoms with Gasteiger partial charge in [-0.15, -0.1) is 10.2 Å². The Morgan fingerprint density at radius 2 is 2.07 bits per heavy atom. The van der Waals surface area contributed by atoms with Gasteiger partial charge in [-0.05, 0) is 12.1 Å². The first kappa shape index (κ1) is 18.5. The Hall–Kier alpha value is -3.28. The number of hydrogen-bond donors (Lipinski definition) is 2. The molecule has 12 heteroatoms. The Kier molecular flexibility index (Phi) is 5.45. The number of halogens is 2. The highest BCUT2D eigenvalue weighted by atomic mass is 32.2. The lowest BCUT2D eigenvalue weighted by atomic mass is 10.3. The second-order valence-corrected chi connectivity index (χ2v) is 6.09. The van der Waals surface area contributed by atoms with E-state index in [9.17, 15) is 23.2 Å². The fraction of sp³-hybridized carbons (Fsp3) is 0.133. The van der Waals surface area contributed by atoms with Gasteiger partial charge in [-0.3, -0.25) is 19.1 Å². The van der Waals surface area contributed by atoms with E-state index in [1.54, 1.807) is 0 Å². The third kappa shape index (κ3) is 4.88. The van der Waals surface area contributed by atoms with Gasteiger partial charge in [-0.25, -0.2) is 13.6 Å². The van der Waals surface area contributed by atoms with Crippen LogP contribution in [0.5, 0.6) is 0 Å². The van der Waals surface area contributed by atoms with Crippen molar-refractivity contribution in [3.8, 4) is 0 Å². The Balaban J connectivity index is 1.57. The number of aromatic amines is 1. The highest BCUT2D eigenvalue weighted by Gasteiger charge is 2.13. The summed E-state index contributed by atoms with van der Waals surface area (Å²) in [5.74, 6) is -2.14. The molecule has 3 rings (SSSR count). The first-order valence-electron chi connectivity index (χ1n) is 7.40. The lowest BCUT2D eigenvalue weighted by Crippen LogP contribution is -2.28. The summed E-state index contributed by atoms with van der Waals surface area (Å²) < 4.78 is 33.0. The molecule has 0 saturated heterocycles. The summed E-state index contributed by atoms with van der Waals surface area (Å²) in [5, 5.41) is 9.74. The molecule has 1 amide bonds. The average Bonchev–Trinajstić information content (AvgIpc) is 3.06. The fourth-order valence-electron chi connectivity index (χ4n) is 1.98. The molecule has 2 aromatic heterocycles. The second-order valence-electron chi connectivity index (χ2n) is 5.16. The number of carbonyl (C=O) groups excluding carboxylic acids is 1. The Bertz CT molecular complexity index is 1090. The van der Waals surface area contributed by atoms with Crippen LogP contribution in [0.2, 0.25) is 0 Å². The van der Waals surface area contributed by atoms with Crippen molar-refractivity contribution in [3.63, 3.8) is 0 Å². The number of H-pyrrole nitrogens is 1. The number of carbonyl (C=O) groups is 1. The minimum absolute atomic E-state index is 0.0531. The zero-order valence-electron chi connectivity index (χ0n) is 13.4. The molecule has 140 valence electrons. The number of anilines is 1. The minimum Gasteiger partial charge on any atom is -0.414 e. The Labute approximate surface area is 153 Å². The standard InChI is InChI=1S/C15H11F2N5O4S/c16-8-1-2-9(17)10(5-8)18-12(24)7-27-15-21-20-13(26-15)6-22-4-3-11(23)19-14(22)25/h1-5H,6-7H2,(H,18,24)(H,19,23,25). The lowest BCUT2D eigenvalue weighted by molar-refractivity contribution is -0.113. The van der Waals surface area contributed by atoms with E-state index in [0.717, 1.165) is 34.5 Å². The van der Waals surface area contributed by atoms with E-state index < -0.39 is 28.8 Å². The van der Waals surface area contributed by atoms with Gasteiger partial charge < -0.3 is 9.73 Å². The quantitative estimate of drug-likeness (QED) is 0.597. The van der Waals surface area contributed by atoms with Crippen molar-refractivity contribution in [2.45, 2.75) is 11.8 Å². The Morgan fingerprint density at radius 3 is 2.85 bits per heavy atom. The summed E-state index contributed by atoms with van der Waals surface area (Å²) in [6.07, 6.45) is 1.28. The molecule has 0 bridgehead atoms. The van der Waals surface area contributed by atoms with E-state index in [4.69, 9.17) is 4.42 Å². The first-order valence-corrected chi connectivity index (χ1v) is 8.39. The summed E-state index contributed by atoms with van der Waals surface area (Å²) in [5.41, 5.74) is -1.44. The maximum atomic E-state index is 13.5. The molecule has 0 radical (unpaired) electrons. The van der Waals surface area contributed by atoms with Gasteiger partial charge in [0.05, 0.1) is 11.4 Å². The van der Waals surface area contributed by atoms with E-state index in [2.05, 4.69) is 20.5 Å². The molecule has 0 atom stereocenters. The van der Waals surface area contributed by atoms with Gasteiger partial charge >= 0.3 is 5.69 Å². The molecule has 0 saturated carbocycles. The van der Waals surface area contributed by atoms with Crippen LogP contribution in [0.3, 0.4) is 0 Å². The van der Waals surface area contributed by atoms with Gasteiger partial charge in [-0.2, -0.15) is 0 Å². The third-order valence-electron chi connectivity index (χ3n) is 3.18. The summed E-state index contributed by atoms with van der Waals surface area (Å²) in [6, 6.07) is 3.88. The van der Waals surface area contributed by atoms with Crippen LogP contribution in [0.25, 0.3) is 0 Å². The van der Waals surface area contributed by atoms with Crippen LogP contribution in [0.1, 0.15) is 5.89 Å². The monoisotopic (exact) mass is 395 g/mol. The van der Waals surface area contributed by atoms with Crippen molar-refractivity contribution in [1.29, 1.82) is 0 Å². The van der Waals surface area contributed by atoms with Crippen LogP contribution in [-0.4, -0.2) is 31.4 Å². The van der Waals surface area contributed by atoms with E-state index in [1.165, 1.54) is 12.3 Å². The van der Waals surface area contributed by atoms with Crippen LogP contribution in [0.4, 0.5) is 14.5 Å². The number of nitrogens with zero attached hydrogens (tertiary/aromatic N) is 3. The number of nitrogens with one attached hydrogen (secondary N) is 2. The molecule has 1 aromatic carbocycles. The van der Waals surface area contributed by atoms with Gasteiger partial charge in [0.1, 0.15) is 18.2 Å². The van der Waals surface area contributed by atoms with E-state index in [0.29, 0.717) is 0 Å². The van der Waals surface area contributed by atoms with Crippen molar-refractivity contribution in [2.24, 2.45) is 0 Å². The maximum absolute atomic E-state index is 13.5. The summed E-state index contributed by atoms with van der Waals surface area (Å²) in [4.78, 5) is 36.5. The molecule has 27 heavy (non-hydrogen) atoms. The summed E-state index contributed by atoms with van der Waals surface area (Å²) >= 11 is 0.882. The maximum Gasteiger partial charge on any atom is 0.328 e. The van der Waals surface area contributed by atoms with Crippen molar-refractivity contribution in [1.82, 2.24) is 19.7 Å². The molecule has 2 heterocycles. The van der Waals surface area contributed by atoms with Crippen molar-refractivity contribution in [3.05, 3.63) is 68.8 Å². The normalized spacial score (nSPS) is 10.7. The van der Waals surface area contributed by atoms with E-state index >= 15 is 0 Å². The SMILES string of the molecule is O=C(CSc1nnc(Cn2ccc(=O)[nH]c2=O)o1)Nc1cc(F)ccc1F. The largest absolute Gasteiger partial charge is 0.414 e. The Morgan fingerprint density at radius 1 is 1.26 bits per heavy atom. The predicted molar refractivity (Wildman–Crippen MR) is 90.4 cm³/mol. The van der Waals surface area contributed by atoms with Gasteiger partial charge in [0, 0.05) is 18.3 Å². The molecular weight excluding hydrogens is 384 g/mol. The summed E-state index contributed by atoms with van der Waals surface area (Å²) in [6.45, 7) is -0.0656. The number of thioether (sulfide) groups is 1.